The zero-order valence-corrected chi connectivity index (χ0v) is 18.0. The van der Waals surface area contributed by atoms with E-state index in [2.05, 4.69) is 49.1 Å². The average molecular weight is 409 g/mol. The smallest absolute Gasteiger partial charge is 0.339 e. The van der Waals surface area contributed by atoms with Gasteiger partial charge in [0.15, 0.2) is 0 Å². The number of ether oxygens (including phenoxy) is 1. The minimum atomic E-state index is -0.346. The molecule has 0 heterocycles. The summed E-state index contributed by atoms with van der Waals surface area (Å²) in [6, 6.07) is 28.0. The zero-order valence-electron chi connectivity index (χ0n) is 18.0. The predicted octanol–water partition coefficient (Wildman–Crippen LogP) is 6.77. The lowest BCUT2D eigenvalue weighted by atomic mass is 9.91. The van der Waals surface area contributed by atoms with Crippen molar-refractivity contribution in [3.8, 4) is 11.8 Å². The summed E-state index contributed by atoms with van der Waals surface area (Å²) in [6.07, 6.45) is 7.02. The Morgan fingerprint density at radius 3 is 2.16 bits per heavy atom. The van der Waals surface area contributed by atoms with Crippen molar-refractivity contribution in [2.75, 3.05) is 6.61 Å². The molecule has 2 nitrogen and oxygen atoms in total. The highest BCUT2D eigenvalue weighted by molar-refractivity contribution is 5.92. The summed E-state index contributed by atoms with van der Waals surface area (Å²) < 4.78 is 5.52. The van der Waals surface area contributed by atoms with Gasteiger partial charge in [0.1, 0.15) is 6.61 Å². The van der Waals surface area contributed by atoms with Crippen LogP contribution in [0.2, 0.25) is 0 Å². The summed E-state index contributed by atoms with van der Waals surface area (Å²) in [6.45, 7) is 2.35. The Morgan fingerprint density at radius 1 is 0.903 bits per heavy atom. The van der Waals surface area contributed by atoms with E-state index in [9.17, 15) is 4.79 Å². The van der Waals surface area contributed by atoms with Gasteiger partial charge in [-0.15, -0.1) is 0 Å². The molecular weight excluding hydrogens is 380 g/mol. The van der Waals surface area contributed by atoms with Gasteiger partial charge < -0.3 is 4.74 Å². The molecule has 0 spiro atoms. The molecule has 0 radical (unpaired) electrons. The summed E-state index contributed by atoms with van der Waals surface area (Å²) >= 11 is 0. The molecule has 3 aromatic rings. The second-order valence-corrected chi connectivity index (χ2v) is 7.28. The van der Waals surface area contributed by atoms with E-state index in [1.54, 1.807) is 6.07 Å². The van der Waals surface area contributed by atoms with Crippen LogP contribution in [0.4, 0.5) is 0 Å². The molecule has 0 bridgehead atoms. The van der Waals surface area contributed by atoms with E-state index < -0.39 is 0 Å². The zero-order chi connectivity index (χ0) is 21.7. The van der Waals surface area contributed by atoms with Crippen LogP contribution in [-0.4, -0.2) is 12.6 Å². The summed E-state index contributed by atoms with van der Waals surface area (Å²) in [5, 5.41) is 0. The van der Waals surface area contributed by atoms with Crippen LogP contribution in [0.3, 0.4) is 0 Å². The summed E-state index contributed by atoms with van der Waals surface area (Å²) in [5.74, 6) is 6.02. The lowest BCUT2D eigenvalue weighted by Gasteiger charge is -2.14. The van der Waals surface area contributed by atoms with E-state index >= 15 is 0 Å². The van der Waals surface area contributed by atoms with Crippen LogP contribution in [0.25, 0.3) is 0 Å². The monoisotopic (exact) mass is 408 g/mol. The van der Waals surface area contributed by atoms with Crippen molar-refractivity contribution in [1.82, 2.24) is 0 Å². The van der Waals surface area contributed by atoms with Crippen molar-refractivity contribution in [2.45, 2.75) is 32.1 Å². The van der Waals surface area contributed by atoms with Gasteiger partial charge in [-0.1, -0.05) is 110 Å². The van der Waals surface area contributed by atoms with E-state index in [0.717, 1.165) is 24.8 Å². The quantitative estimate of drug-likeness (QED) is 0.178. The Morgan fingerprint density at radius 2 is 1.52 bits per heavy atom. The summed E-state index contributed by atoms with van der Waals surface area (Å²) in [5.41, 5.74) is 3.63. The molecule has 0 saturated carbocycles. The molecule has 3 aromatic carbocycles. The highest BCUT2D eigenvalue weighted by atomic mass is 16.5. The first kappa shape index (κ1) is 22.1. The normalized spacial score (nSPS) is 10.6. The molecule has 156 valence electrons. The van der Waals surface area contributed by atoms with Crippen LogP contribution >= 0.6 is 0 Å². The van der Waals surface area contributed by atoms with Crippen LogP contribution in [0, 0.1) is 11.8 Å². The largest absolute Gasteiger partial charge is 0.458 e. The van der Waals surface area contributed by atoms with Gasteiger partial charge in [-0.05, 0) is 29.7 Å². The average Bonchev–Trinajstić information content (AvgIpc) is 2.83. The van der Waals surface area contributed by atoms with Crippen LogP contribution < -0.4 is 0 Å². The lowest BCUT2D eigenvalue weighted by Crippen LogP contribution is -2.07. The van der Waals surface area contributed by atoms with Crippen LogP contribution in [0.1, 0.15) is 59.2 Å². The fourth-order valence-electron chi connectivity index (χ4n) is 3.32. The third-order valence-corrected chi connectivity index (χ3v) is 4.98. The number of unbranched alkanes of at least 4 members (excludes halogenated alkanes) is 2. The third-order valence-electron chi connectivity index (χ3n) is 4.98. The van der Waals surface area contributed by atoms with E-state index in [1.807, 2.05) is 60.7 Å². The van der Waals surface area contributed by atoms with Crippen LogP contribution in [0.15, 0.2) is 97.1 Å². The molecule has 0 aliphatic heterocycles. The van der Waals surface area contributed by atoms with Crippen molar-refractivity contribution in [3.63, 3.8) is 0 Å². The Balaban J connectivity index is 1.67. The number of hydrogen-bond acceptors (Lipinski definition) is 2. The maximum absolute atomic E-state index is 12.6. The van der Waals surface area contributed by atoms with E-state index in [1.165, 1.54) is 11.1 Å². The predicted molar refractivity (Wildman–Crippen MR) is 127 cm³/mol. The Kier molecular flexibility index (Phi) is 8.71. The number of esters is 1. The molecule has 0 unspecified atom stereocenters. The van der Waals surface area contributed by atoms with Crippen molar-refractivity contribution in [2.24, 2.45) is 0 Å². The van der Waals surface area contributed by atoms with Crippen molar-refractivity contribution >= 4 is 5.97 Å². The highest BCUT2D eigenvalue weighted by Gasteiger charge is 2.12. The van der Waals surface area contributed by atoms with Gasteiger partial charge in [-0.2, -0.15) is 0 Å². The fraction of sp³-hybridized carbons (Fsp3) is 0.207. The van der Waals surface area contributed by atoms with Crippen molar-refractivity contribution in [3.05, 3.63) is 119 Å². The first-order chi connectivity index (χ1) is 15.3. The standard InChI is InChI=1S/C29H28O2/c1-2-3-4-7-19-26-20-12-13-21-28(26)29(30)31-23-14-22-27(24-15-8-5-9-16-24)25-17-10-6-11-18-25/h5-6,8-18,20-22,27H,2-4,23H2,1H3/b22-14+. The number of rotatable bonds is 8. The third kappa shape index (κ3) is 6.73. The molecule has 31 heavy (non-hydrogen) atoms. The SMILES string of the molecule is CCCCC#Cc1ccccc1C(=O)OC/C=C/C(c1ccccc1)c1ccccc1. The molecule has 0 fully saturated rings. The molecule has 0 aliphatic rings. The number of benzene rings is 3. The molecule has 0 aliphatic carbocycles. The van der Waals surface area contributed by atoms with Gasteiger partial charge in [-0.3, -0.25) is 0 Å². The first-order valence-corrected chi connectivity index (χ1v) is 10.8. The van der Waals surface area contributed by atoms with Crippen molar-refractivity contribution < 1.29 is 9.53 Å². The van der Waals surface area contributed by atoms with Gasteiger partial charge in [0.05, 0.1) is 5.56 Å². The van der Waals surface area contributed by atoms with Gasteiger partial charge >= 0.3 is 5.97 Å². The van der Waals surface area contributed by atoms with Gasteiger partial charge in [0.2, 0.25) is 0 Å². The van der Waals surface area contributed by atoms with Crippen molar-refractivity contribution in [1.29, 1.82) is 0 Å². The number of hydrogen-bond donors (Lipinski definition) is 0. The molecule has 0 aromatic heterocycles. The number of allylic oxidation sites excluding steroid dienone is 1. The maximum atomic E-state index is 12.6. The highest BCUT2D eigenvalue weighted by Crippen LogP contribution is 2.25. The molecule has 0 saturated heterocycles. The van der Waals surface area contributed by atoms with Gasteiger partial charge in [-0.25, -0.2) is 4.79 Å². The lowest BCUT2D eigenvalue weighted by molar-refractivity contribution is 0.0549. The summed E-state index contributed by atoms with van der Waals surface area (Å²) in [7, 11) is 0. The number of carbonyl (C=O) groups excluding carboxylic acids is 1. The Hall–Kier alpha value is -3.57. The second-order valence-electron chi connectivity index (χ2n) is 7.28. The molecule has 0 atom stereocenters. The fourth-order valence-corrected chi connectivity index (χ4v) is 3.32. The number of carbonyl (C=O) groups is 1. The van der Waals surface area contributed by atoms with Gasteiger partial charge in [0, 0.05) is 17.9 Å². The topological polar surface area (TPSA) is 26.3 Å². The second kappa shape index (κ2) is 12.2. The molecule has 3 rings (SSSR count). The van der Waals surface area contributed by atoms with E-state index in [0.29, 0.717) is 5.56 Å². The molecular formula is C29H28O2. The summed E-state index contributed by atoms with van der Waals surface area (Å²) in [4.78, 5) is 12.6. The van der Waals surface area contributed by atoms with E-state index in [-0.39, 0.29) is 18.5 Å². The van der Waals surface area contributed by atoms with Gasteiger partial charge in [0.25, 0.3) is 0 Å². The van der Waals surface area contributed by atoms with Crippen LogP contribution in [-0.2, 0) is 4.74 Å². The minimum absolute atomic E-state index is 0.109. The Labute approximate surface area is 185 Å². The van der Waals surface area contributed by atoms with Crippen LogP contribution in [0.5, 0.6) is 0 Å². The van der Waals surface area contributed by atoms with E-state index in [4.69, 9.17) is 4.74 Å². The first-order valence-electron chi connectivity index (χ1n) is 10.8. The molecule has 2 heteroatoms. The minimum Gasteiger partial charge on any atom is -0.458 e. The maximum Gasteiger partial charge on any atom is 0.339 e. The Bertz CT molecular complexity index is 1000. The molecule has 0 amide bonds. The molecule has 0 N–H and O–H groups in total.